The molecule has 0 aliphatic heterocycles. The molecule has 3 rings (SSSR count). The number of benzene rings is 3. The van der Waals surface area contributed by atoms with Gasteiger partial charge < -0.3 is 14.8 Å². The van der Waals surface area contributed by atoms with E-state index >= 15 is 0 Å². The predicted molar refractivity (Wildman–Crippen MR) is 114 cm³/mol. The number of methoxy groups -OCH3 is 1. The summed E-state index contributed by atoms with van der Waals surface area (Å²) in [6, 6.07) is 24.9. The lowest BCUT2D eigenvalue weighted by Gasteiger charge is -2.09. The molecule has 0 bridgehead atoms. The Bertz CT molecular complexity index is 941. The molecule has 0 atom stereocenters. The van der Waals surface area contributed by atoms with Crippen LogP contribution in [0, 0.1) is 0 Å². The average Bonchev–Trinajstić information content (AvgIpc) is 2.78. The number of hydrogen-bond donors (Lipinski definition) is 2. The highest BCUT2D eigenvalue weighted by Gasteiger charge is 2.04. The highest BCUT2D eigenvalue weighted by molar-refractivity contribution is 5.84. The number of nitrogens with zero attached hydrogens (tertiary/aromatic N) is 1. The third-order valence-electron chi connectivity index (χ3n) is 4.08. The van der Waals surface area contributed by atoms with Crippen LogP contribution in [0.4, 0.5) is 5.69 Å². The highest BCUT2D eigenvalue weighted by atomic mass is 16.5. The van der Waals surface area contributed by atoms with Gasteiger partial charge in [0.05, 0.1) is 25.6 Å². The van der Waals surface area contributed by atoms with Crippen LogP contribution in [-0.2, 0) is 11.4 Å². The fourth-order valence-corrected chi connectivity index (χ4v) is 2.58. The predicted octanol–water partition coefficient (Wildman–Crippen LogP) is 3.84. The smallest absolute Gasteiger partial charge is 0.259 e. The molecule has 0 heterocycles. The Labute approximate surface area is 170 Å². The number of amides is 1. The first-order valence-electron chi connectivity index (χ1n) is 9.20. The van der Waals surface area contributed by atoms with Crippen LogP contribution in [0.15, 0.2) is 84.0 Å². The minimum absolute atomic E-state index is 0.0873. The zero-order chi connectivity index (χ0) is 20.3. The first kappa shape index (κ1) is 19.9. The molecule has 0 saturated heterocycles. The number of carbonyl (C=O) groups is 1. The summed E-state index contributed by atoms with van der Waals surface area (Å²) in [7, 11) is 1.59. The van der Waals surface area contributed by atoms with Crippen molar-refractivity contribution in [2.24, 2.45) is 5.10 Å². The van der Waals surface area contributed by atoms with E-state index in [2.05, 4.69) is 15.8 Å². The van der Waals surface area contributed by atoms with E-state index in [-0.39, 0.29) is 12.5 Å². The quantitative estimate of drug-likeness (QED) is 0.431. The largest absolute Gasteiger partial charge is 0.495 e. The molecule has 0 saturated carbocycles. The number of hydrazone groups is 1. The van der Waals surface area contributed by atoms with Gasteiger partial charge in [0.1, 0.15) is 18.1 Å². The van der Waals surface area contributed by atoms with Crippen molar-refractivity contribution in [1.82, 2.24) is 5.43 Å². The molecule has 0 fully saturated rings. The van der Waals surface area contributed by atoms with Crippen LogP contribution >= 0.6 is 0 Å². The molecular weight excluding hydrogens is 366 g/mol. The fraction of sp³-hybridized carbons (Fsp3) is 0.130. The summed E-state index contributed by atoms with van der Waals surface area (Å²) in [6.07, 6.45) is 1.59. The van der Waals surface area contributed by atoms with Crippen molar-refractivity contribution in [2.45, 2.75) is 6.61 Å². The Morgan fingerprint density at radius 1 is 0.966 bits per heavy atom. The van der Waals surface area contributed by atoms with Gasteiger partial charge >= 0.3 is 0 Å². The van der Waals surface area contributed by atoms with Crippen LogP contribution in [0.3, 0.4) is 0 Å². The maximum atomic E-state index is 11.9. The molecule has 6 heteroatoms. The second-order valence-electron chi connectivity index (χ2n) is 6.19. The number of para-hydroxylation sites is 2. The topological polar surface area (TPSA) is 72.0 Å². The van der Waals surface area contributed by atoms with E-state index in [1.54, 1.807) is 13.3 Å². The molecule has 3 aromatic carbocycles. The number of hydrogen-bond acceptors (Lipinski definition) is 5. The van der Waals surface area contributed by atoms with Gasteiger partial charge in [0.2, 0.25) is 0 Å². The van der Waals surface area contributed by atoms with Gasteiger partial charge in [-0.1, -0.05) is 42.5 Å². The third-order valence-corrected chi connectivity index (χ3v) is 4.08. The minimum Gasteiger partial charge on any atom is -0.495 e. The molecule has 3 aromatic rings. The maximum absolute atomic E-state index is 11.9. The Morgan fingerprint density at radius 3 is 2.45 bits per heavy atom. The molecule has 29 heavy (non-hydrogen) atoms. The Morgan fingerprint density at radius 2 is 1.69 bits per heavy atom. The zero-order valence-corrected chi connectivity index (χ0v) is 16.2. The molecule has 0 radical (unpaired) electrons. The SMILES string of the molecule is COc1ccccc1NCC(=O)N/N=C/c1ccc(OCc2ccccc2)cc1. The lowest BCUT2D eigenvalue weighted by molar-refractivity contribution is -0.119. The molecular formula is C23H23N3O3. The van der Waals surface area contributed by atoms with E-state index in [1.807, 2.05) is 78.9 Å². The summed E-state index contributed by atoms with van der Waals surface area (Å²) in [4.78, 5) is 11.9. The number of nitrogens with one attached hydrogen (secondary N) is 2. The Balaban J connectivity index is 1.43. The van der Waals surface area contributed by atoms with E-state index in [9.17, 15) is 4.79 Å². The molecule has 6 nitrogen and oxygen atoms in total. The van der Waals surface area contributed by atoms with Crippen LogP contribution in [0.1, 0.15) is 11.1 Å². The van der Waals surface area contributed by atoms with Crippen LogP contribution < -0.4 is 20.2 Å². The number of carbonyl (C=O) groups excluding carboxylic acids is 1. The van der Waals surface area contributed by atoms with Gasteiger partial charge in [-0.25, -0.2) is 5.43 Å². The summed E-state index contributed by atoms with van der Waals surface area (Å²) >= 11 is 0. The lowest BCUT2D eigenvalue weighted by Crippen LogP contribution is -2.26. The molecule has 2 N–H and O–H groups in total. The van der Waals surface area contributed by atoms with Crippen molar-refractivity contribution >= 4 is 17.8 Å². The van der Waals surface area contributed by atoms with Gasteiger partial charge in [-0.3, -0.25) is 4.79 Å². The summed E-state index contributed by atoms with van der Waals surface area (Å²) in [5, 5.41) is 7.00. The molecule has 0 unspecified atom stereocenters. The number of ether oxygens (including phenoxy) is 2. The van der Waals surface area contributed by atoms with Crippen molar-refractivity contribution in [2.75, 3.05) is 19.0 Å². The summed E-state index contributed by atoms with van der Waals surface area (Å²) in [6.45, 7) is 0.605. The number of anilines is 1. The molecule has 0 aliphatic rings. The van der Waals surface area contributed by atoms with Crippen molar-refractivity contribution in [3.8, 4) is 11.5 Å². The highest BCUT2D eigenvalue weighted by Crippen LogP contribution is 2.22. The van der Waals surface area contributed by atoms with Crippen molar-refractivity contribution in [3.63, 3.8) is 0 Å². The van der Waals surface area contributed by atoms with Gasteiger partial charge in [0.15, 0.2) is 0 Å². The van der Waals surface area contributed by atoms with Crippen LogP contribution in [-0.4, -0.2) is 25.8 Å². The summed E-state index contributed by atoms with van der Waals surface area (Å²) in [5.74, 6) is 1.20. The van der Waals surface area contributed by atoms with Crippen molar-refractivity contribution in [3.05, 3.63) is 90.0 Å². The van der Waals surface area contributed by atoms with Crippen LogP contribution in [0.25, 0.3) is 0 Å². The Kier molecular flexibility index (Phi) is 7.23. The second-order valence-corrected chi connectivity index (χ2v) is 6.19. The van der Waals surface area contributed by atoms with Gasteiger partial charge in [0.25, 0.3) is 5.91 Å². The second kappa shape index (κ2) is 10.5. The van der Waals surface area contributed by atoms with E-state index in [1.165, 1.54) is 0 Å². The van der Waals surface area contributed by atoms with Gasteiger partial charge in [0, 0.05) is 0 Å². The molecule has 0 aromatic heterocycles. The normalized spacial score (nSPS) is 10.5. The maximum Gasteiger partial charge on any atom is 0.259 e. The first-order chi connectivity index (χ1) is 14.2. The lowest BCUT2D eigenvalue weighted by atomic mass is 10.2. The van der Waals surface area contributed by atoms with E-state index in [0.29, 0.717) is 12.4 Å². The van der Waals surface area contributed by atoms with Gasteiger partial charge in [-0.05, 0) is 47.5 Å². The van der Waals surface area contributed by atoms with Gasteiger partial charge in [-0.2, -0.15) is 5.10 Å². The van der Waals surface area contributed by atoms with Crippen molar-refractivity contribution in [1.29, 1.82) is 0 Å². The summed E-state index contributed by atoms with van der Waals surface area (Å²) in [5.41, 5.74) is 5.22. The molecule has 0 spiro atoms. The average molecular weight is 389 g/mol. The van der Waals surface area contributed by atoms with Crippen LogP contribution in [0.5, 0.6) is 11.5 Å². The molecule has 148 valence electrons. The molecule has 1 amide bonds. The van der Waals surface area contributed by atoms with Crippen molar-refractivity contribution < 1.29 is 14.3 Å². The summed E-state index contributed by atoms with van der Waals surface area (Å²) < 4.78 is 11.0. The van der Waals surface area contributed by atoms with Crippen LogP contribution in [0.2, 0.25) is 0 Å². The minimum atomic E-state index is -0.255. The fourth-order valence-electron chi connectivity index (χ4n) is 2.58. The van der Waals surface area contributed by atoms with E-state index < -0.39 is 0 Å². The Hall–Kier alpha value is -3.80. The third kappa shape index (κ3) is 6.39. The molecule has 0 aliphatic carbocycles. The first-order valence-corrected chi connectivity index (χ1v) is 9.20. The standard InChI is InChI=1S/C23H23N3O3/c1-28-22-10-6-5-9-21(22)24-16-23(27)26-25-15-18-11-13-20(14-12-18)29-17-19-7-3-2-4-8-19/h2-15,24H,16-17H2,1H3,(H,26,27)/b25-15+. The van der Waals surface area contributed by atoms with Gasteiger partial charge in [-0.15, -0.1) is 0 Å². The van der Waals surface area contributed by atoms with E-state index in [4.69, 9.17) is 9.47 Å². The number of rotatable bonds is 9. The van der Waals surface area contributed by atoms with E-state index in [0.717, 1.165) is 22.6 Å². The zero-order valence-electron chi connectivity index (χ0n) is 16.2. The monoisotopic (exact) mass is 389 g/mol.